The van der Waals surface area contributed by atoms with Crippen LogP contribution in [0.4, 0.5) is 0 Å². The number of hydrogen-bond acceptors (Lipinski definition) is 5. The second-order valence-electron chi connectivity index (χ2n) is 7.01. The molecular weight excluding hydrogens is 284 g/mol. The van der Waals surface area contributed by atoms with Crippen molar-refractivity contribution in [2.24, 2.45) is 11.3 Å². The van der Waals surface area contributed by atoms with Crippen molar-refractivity contribution in [3.8, 4) is 16.5 Å². The van der Waals surface area contributed by atoms with Gasteiger partial charge in [-0.15, -0.1) is 11.3 Å². The van der Waals surface area contributed by atoms with Crippen LogP contribution >= 0.6 is 11.3 Å². The van der Waals surface area contributed by atoms with Crippen molar-refractivity contribution in [3.05, 3.63) is 17.3 Å². The van der Waals surface area contributed by atoms with E-state index in [4.69, 9.17) is 4.52 Å². The SMILES string of the molecule is CC(C)(C)C1CCC(c2noc(-c3sccc3O)n2)CC1. The molecule has 0 amide bonds. The molecule has 3 rings (SSSR count). The molecule has 0 aliphatic heterocycles. The molecule has 1 aliphatic carbocycles. The van der Waals surface area contributed by atoms with Crippen LogP contribution in [0.5, 0.6) is 5.75 Å². The maximum atomic E-state index is 9.73. The van der Waals surface area contributed by atoms with Gasteiger partial charge in [0, 0.05) is 5.92 Å². The summed E-state index contributed by atoms with van der Waals surface area (Å²) in [5, 5.41) is 15.7. The summed E-state index contributed by atoms with van der Waals surface area (Å²) in [6.07, 6.45) is 4.69. The number of rotatable bonds is 2. The molecule has 21 heavy (non-hydrogen) atoms. The lowest BCUT2D eigenvalue weighted by molar-refractivity contribution is 0.166. The van der Waals surface area contributed by atoms with Gasteiger partial charge in [0.1, 0.15) is 10.6 Å². The molecule has 0 unspecified atom stereocenters. The van der Waals surface area contributed by atoms with Crippen molar-refractivity contribution in [2.75, 3.05) is 0 Å². The summed E-state index contributed by atoms with van der Waals surface area (Å²) in [7, 11) is 0. The number of aromatic nitrogens is 2. The van der Waals surface area contributed by atoms with Gasteiger partial charge >= 0.3 is 0 Å². The fraction of sp³-hybridized carbons (Fsp3) is 0.625. The maximum Gasteiger partial charge on any atom is 0.271 e. The molecule has 0 bridgehead atoms. The van der Waals surface area contributed by atoms with E-state index in [9.17, 15) is 5.11 Å². The minimum Gasteiger partial charge on any atom is -0.506 e. The molecule has 1 fully saturated rings. The Morgan fingerprint density at radius 1 is 1.24 bits per heavy atom. The third-order valence-corrected chi connectivity index (χ3v) is 5.49. The molecule has 1 aliphatic rings. The second kappa shape index (κ2) is 5.44. The molecule has 0 aromatic carbocycles. The maximum absolute atomic E-state index is 9.73. The van der Waals surface area contributed by atoms with Crippen LogP contribution in [0, 0.1) is 11.3 Å². The van der Waals surface area contributed by atoms with Crippen LogP contribution in [-0.2, 0) is 0 Å². The first-order chi connectivity index (χ1) is 9.95. The average molecular weight is 306 g/mol. The molecule has 1 N–H and O–H groups in total. The monoisotopic (exact) mass is 306 g/mol. The predicted octanol–water partition coefficient (Wildman–Crippen LogP) is 4.82. The van der Waals surface area contributed by atoms with Crippen LogP contribution in [-0.4, -0.2) is 15.2 Å². The van der Waals surface area contributed by atoms with Crippen molar-refractivity contribution in [1.82, 2.24) is 10.1 Å². The van der Waals surface area contributed by atoms with Crippen molar-refractivity contribution < 1.29 is 9.63 Å². The topological polar surface area (TPSA) is 59.2 Å². The zero-order chi connectivity index (χ0) is 15.0. The molecule has 2 heterocycles. The minimum absolute atomic E-state index is 0.214. The molecule has 5 heteroatoms. The molecule has 0 atom stereocenters. The lowest BCUT2D eigenvalue weighted by atomic mass is 9.70. The van der Waals surface area contributed by atoms with Gasteiger partial charge < -0.3 is 9.63 Å². The molecule has 0 radical (unpaired) electrons. The molecule has 0 saturated heterocycles. The Kier molecular flexibility index (Phi) is 3.78. The minimum atomic E-state index is 0.214. The number of nitrogens with zero attached hydrogens (tertiary/aromatic N) is 2. The van der Waals surface area contributed by atoms with Crippen LogP contribution in [0.2, 0.25) is 0 Å². The van der Waals surface area contributed by atoms with E-state index in [1.54, 1.807) is 6.07 Å². The van der Waals surface area contributed by atoms with Crippen molar-refractivity contribution >= 4 is 11.3 Å². The first-order valence-corrected chi connectivity index (χ1v) is 8.43. The molecular formula is C16H22N2O2S. The van der Waals surface area contributed by atoms with Gasteiger partial charge in [-0.25, -0.2) is 0 Å². The average Bonchev–Trinajstić information content (AvgIpc) is 3.06. The molecule has 114 valence electrons. The Morgan fingerprint density at radius 3 is 2.52 bits per heavy atom. The standard InChI is InChI=1S/C16H22N2O2S/c1-16(2,3)11-6-4-10(5-7-11)14-17-15(20-18-14)13-12(19)8-9-21-13/h8-11,19H,4-7H2,1-3H3. The first-order valence-electron chi connectivity index (χ1n) is 7.55. The summed E-state index contributed by atoms with van der Waals surface area (Å²) in [6, 6.07) is 1.65. The Hall–Kier alpha value is -1.36. The summed E-state index contributed by atoms with van der Waals surface area (Å²) < 4.78 is 5.33. The van der Waals surface area contributed by atoms with Crippen molar-refractivity contribution in [3.63, 3.8) is 0 Å². The first kappa shape index (κ1) is 14.6. The Bertz CT molecular complexity index is 604. The Labute approximate surface area is 129 Å². The summed E-state index contributed by atoms with van der Waals surface area (Å²) in [5.41, 5.74) is 0.385. The summed E-state index contributed by atoms with van der Waals surface area (Å²) in [6.45, 7) is 6.97. The van der Waals surface area contributed by atoms with Gasteiger partial charge in [0.25, 0.3) is 5.89 Å². The number of hydrogen-bond donors (Lipinski definition) is 1. The van der Waals surface area contributed by atoms with Gasteiger partial charge in [-0.05, 0) is 48.5 Å². The quantitative estimate of drug-likeness (QED) is 0.863. The van der Waals surface area contributed by atoms with Gasteiger partial charge in [-0.2, -0.15) is 4.98 Å². The van der Waals surface area contributed by atoms with Crippen molar-refractivity contribution in [2.45, 2.75) is 52.4 Å². The van der Waals surface area contributed by atoms with Gasteiger partial charge in [0.05, 0.1) is 0 Å². The largest absolute Gasteiger partial charge is 0.506 e. The van der Waals surface area contributed by atoms with E-state index in [1.807, 2.05) is 5.38 Å². The normalized spacial score (nSPS) is 23.4. The van der Waals surface area contributed by atoms with E-state index in [2.05, 4.69) is 30.9 Å². The van der Waals surface area contributed by atoms with Crippen LogP contribution < -0.4 is 0 Å². The third-order valence-electron chi connectivity index (χ3n) is 4.60. The highest BCUT2D eigenvalue weighted by atomic mass is 32.1. The zero-order valence-corrected chi connectivity index (χ0v) is 13.6. The third kappa shape index (κ3) is 2.98. The molecule has 2 aromatic heterocycles. The van der Waals surface area contributed by atoms with Gasteiger partial charge in [0.2, 0.25) is 0 Å². The fourth-order valence-corrected chi connectivity index (χ4v) is 3.88. The number of aromatic hydroxyl groups is 1. The van der Waals surface area contributed by atoms with Crippen LogP contribution in [0.1, 0.15) is 58.2 Å². The van der Waals surface area contributed by atoms with Crippen LogP contribution in [0.3, 0.4) is 0 Å². The van der Waals surface area contributed by atoms with E-state index in [-0.39, 0.29) is 5.75 Å². The highest BCUT2D eigenvalue weighted by Crippen LogP contribution is 2.43. The smallest absolute Gasteiger partial charge is 0.271 e. The zero-order valence-electron chi connectivity index (χ0n) is 12.8. The van der Waals surface area contributed by atoms with E-state index in [1.165, 1.54) is 24.2 Å². The van der Waals surface area contributed by atoms with Gasteiger partial charge in [-0.3, -0.25) is 0 Å². The lowest BCUT2D eigenvalue weighted by Gasteiger charge is -2.36. The highest BCUT2D eigenvalue weighted by molar-refractivity contribution is 7.13. The van der Waals surface area contributed by atoms with Crippen molar-refractivity contribution in [1.29, 1.82) is 0 Å². The predicted molar refractivity (Wildman–Crippen MR) is 83.4 cm³/mol. The fourth-order valence-electron chi connectivity index (χ4n) is 3.17. The Morgan fingerprint density at radius 2 is 1.95 bits per heavy atom. The lowest BCUT2D eigenvalue weighted by Crippen LogP contribution is -2.25. The van der Waals surface area contributed by atoms with E-state index < -0.39 is 0 Å². The summed E-state index contributed by atoms with van der Waals surface area (Å²) >= 11 is 1.42. The highest BCUT2D eigenvalue weighted by Gasteiger charge is 2.32. The van der Waals surface area contributed by atoms with E-state index >= 15 is 0 Å². The summed E-state index contributed by atoms with van der Waals surface area (Å²) in [5.74, 6) is 2.62. The van der Waals surface area contributed by atoms with E-state index in [0.29, 0.717) is 22.1 Å². The second-order valence-corrected chi connectivity index (χ2v) is 7.92. The number of thiophene rings is 1. The van der Waals surface area contributed by atoms with E-state index in [0.717, 1.165) is 24.6 Å². The van der Waals surface area contributed by atoms with Gasteiger partial charge in [0.15, 0.2) is 5.82 Å². The summed E-state index contributed by atoms with van der Waals surface area (Å²) in [4.78, 5) is 5.16. The molecule has 0 spiro atoms. The molecule has 2 aromatic rings. The van der Waals surface area contributed by atoms with Crippen LogP contribution in [0.15, 0.2) is 16.0 Å². The molecule has 4 nitrogen and oxygen atoms in total. The molecule has 1 saturated carbocycles. The van der Waals surface area contributed by atoms with Gasteiger partial charge in [-0.1, -0.05) is 25.9 Å². The van der Waals surface area contributed by atoms with Crippen LogP contribution in [0.25, 0.3) is 10.8 Å². The Balaban J connectivity index is 1.70.